The third-order valence-corrected chi connectivity index (χ3v) is 5.90. The molecule has 2 aromatic carbocycles. The summed E-state index contributed by atoms with van der Waals surface area (Å²) in [4.78, 5) is 12.6. The SMILES string of the molecule is COc1ccc(OC2CCN(c3ccc(S(C)(=O)=O)cc3[N+](=O)[O-])CC2)c(F)c1. The molecule has 1 saturated heterocycles. The number of sulfone groups is 1. The van der Waals surface area contributed by atoms with Crippen molar-refractivity contribution in [2.24, 2.45) is 0 Å². The number of halogens is 1. The van der Waals surface area contributed by atoms with Crippen molar-refractivity contribution in [3.63, 3.8) is 0 Å². The van der Waals surface area contributed by atoms with E-state index in [0.717, 1.165) is 12.3 Å². The molecule has 0 aromatic heterocycles. The summed E-state index contributed by atoms with van der Waals surface area (Å²) in [6.07, 6.45) is 1.85. The van der Waals surface area contributed by atoms with Crippen LogP contribution in [0, 0.1) is 15.9 Å². The van der Waals surface area contributed by atoms with Gasteiger partial charge in [0.15, 0.2) is 21.4 Å². The molecule has 1 aliphatic heterocycles. The molecule has 0 unspecified atom stereocenters. The van der Waals surface area contributed by atoms with Gasteiger partial charge in [-0.15, -0.1) is 0 Å². The first kappa shape index (κ1) is 20.8. The van der Waals surface area contributed by atoms with E-state index in [9.17, 15) is 22.9 Å². The number of hydrogen-bond donors (Lipinski definition) is 0. The van der Waals surface area contributed by atoms with Crippen molar-refractivity contribution in [1.82, 2.24) is 0 Å². The zero-order valence-corrected chi connectivity index (χ0v) is 16.8. The first-order valence-electron chi connectivity index (χ1n) is 8.92. The van der Waals surface area contributed by atoms with Crippen LogP contribution in [0.15, 0.2) is 41.3 Å². The monoisotopic (exact) mass is 424 g/mol. The summed E-state index contributed by atoms with van der Waals surface area (Å²) in [6, 6.07) is 8.28. The number of nitrogens with zero attached hydrogens (tertiary/aromatic N) is 2. The molecular formula is C19H21FN2O6S. The highest BCUT2D eigenvalue weighted by molar-refractivity contribution is 7.90. The minimum Gasteiger partial charge on any atom is -0.497 e. The van der Waals surface area contributed by atoms with Crippen LogP contribution in [-0.2, 0) is 9.84 Å². The molecule has 0 atom stereocenters. The van der Waals surface area contributed by atoms with E-state index in [4.69, 9.17) is 9.47 Å². The highest BCUT2D eigenvalue weighted by Crippen LogP contribution is 2.33. The summed E-state index contributed by atoms with van der Waals surface area (Å²) in [5.41, 5.74) is 0.102. The minimum atomic E-state index is -3.55. The van der Waals surface area contributed by atoms with Crippen molar-refractivity contribution in [2.75, 3.05) is 31.4 Å². The van der Waals surface area contributed by atoms with Crippen molar-refractivity contribution in [3.05, 3.63) is 52.3 Å². The fourth-order valence-electron chi connectivity index (χ4n) is 3.25. The molecule has 1 fully saturated rings. The quantitative estimate of drug-likeness (QED) is 0.519. The number of nitro benzene ring substituents is 1. The number of anilines is 1. The van der Waals surface area contributed by atoms with E-state index >= 15 is 0 Å². The zero-order chi connectivity index (χ0) is 21.2. The summed E-state index contributed by atoms with van der Waals surface area (Å²) < 4.78 is 48.2. The first-order chi connectivity index (χ1) is 13.7. The maximum atomic E-state index is 14.1. The summed E-state index contributed by atoms with van der Waals surface area (Å²) in [5.74, 6) is 0.0148. The number of benzene rings is 2. The van der Waals surface area contributed by atoms with E-state index in [1.165, 1.54) is 31.4 Å². The molecule has 3 rings (SSSR count). The highest BCUT2D eigenvalue weighted by Gasteiger charge is 2.27. The van der Waals surface area contributed by atoms with Gasteiger partial charge in [-0.1, -0.05) is 0 Å². The number of methoxy groups -OCH3 is 1. The third-order valence-electron chi connectivity index (χ3n) is 4.79. The summed E-state index contributed by atoms with van der Waals surface area (Å²) in [7, 11) is -2.10. The Labute approximate surface area is 167 Å². The Kier molecular flexibility index (Phi) is 5.92. The van der Waals surface area contributed by atoms with Crippen molar-refractivity contribution in [2.45, 2.75) is 23.8 Å². The Morgan fingerprint density at radius 1 is 1.17 bits per heavy atom. The topological polar surface area (TPSA) is 99.0 Å². The predicted molar refractivity (Wildman–Crippen MR) is 105 cm³/mol. The van der Waals surface area contributed by atoms with Gasteiger partial charge in [0.1, 0.15) is 17.5 Å². The lowest BCUT2D eigenvalue weighted by Gasteiger charge is -2.33. The second-order valence-electron chi connectivity index (χ2n) is 6.78. The van der Waals surface area contributed by atoms with Crippen LogP contribution in [0.4, 0.5) is 15.8 Å². The van der Waals surface area contributed by atoms with Gasteiger partial charge in [0.25, 0.3) is 5.69 Å². The fourth-order valence-corrected chi connectivity index (χ4v) is 3.89. The molecule has 1 aliphatic rings. The Morgan fingerprint density at radius 3 is 2.41 bits per heavy atom. The average molecular weight is 424 g/mol. The maximum Gasteiger partial charge on any atom is 0.293 e. The van der Waals surface area contributed by atoms with Crippen LogP contribution in [0.1, 0.15) is 12.8 Å². The van der Waals surface area contributed by atoms with Gasteiger partial charge in [-0.25, -0.2) is 12.8 Å². The third kappa shape index (κ3) is 4.76. The second kappa shape index (κ2) is 8.24. The van der Waals surface area contributed by atoms with Crippen molar-refractivity contribution >= 4 is 21.2 Å². The molecule has 1 heterocycles. The molecule has 0 N–H and O–H groups in total. The normalized spacial score (nSPS) is 15.2. The molecule has 8 nitrogen and oxygen atoms in total. The second-order valence-corrected chi connectivity index (χ2v) is 8.80. The Balaban J connectivity index is 1.71. The lowest BCUT2D eigenvalue weighted by Crippen LogP contribution is -2.38. The number of ether oxygens (including phenoxy) is 2. The van der Waals surface area contributed by atoms with Crippen molar-refractivity contribution in [3.8, 4) is 11.5 Å². The van der Waals surface area contributed by atoms with Gasteiger partial charge in [0.05, 0.1) is 16.9 Å². The summed E-state index contributed by atoms with van der Waals surface area (Å²) in [5, 5.41) is 11.4. The maximum absolute atomic E-state index is 14.1. The van der Waals surface area contributed by atoms with Crippen LogP contribution in [-0.4, -0.2) is 45.9 Å². The van der Waals surface area contributed by atoms with Gasteiger partial charge < -0.3 is 14.4 Å². The largest absolute Gasteiger partial charge is 0.497 e. The molecule has 0 radical (unpaired) electrons. The standard InChI is InChI=1S/C19H21FN2O6S/c1-27-14-3-6-19(16(20)11-14)28-13-7-9-21(10-8-13)17-5-4-15(29(2,25)26)12-18(17)22(23)24/h3-6,11-13H,7-10H2,1-2H3. The van der Waals surface area contributed by atoms with Crippen molar-refractivity contribution in [1.29, 1.82) is 0 Å². The molecule has 10 heteroatoms. The van der Waals surface area contributed by atoms with E-state index in [1.807, 2.05) is 4.90 Å². The molecule has 0 spiro atoms. The number of rotatable bonds is 6. The number of hydrogen-bond acceptors (Lipinski definition) is 7. The molecule has 0 bridgehead atoms. The molecular weight excluding hydrogens is 403 g/mol. The van der Waals surface area contributed by atoms with E-state index in [-0.39, 0.29) is 22.4 Å². The van der Waals surface area contributed by atoms with Crippen LogP contribution in [0.25, 0.3) is 0 Å². The number of piperidine rings is 1. The smallest absolute Gasteiger partial charge is 0.293 e. The predicted octanol–water partition coefficient (Wildman–Crippen LogP) is 3.19. The van der Waals surface area contributed by atoms with Crippen LogP contribution < -0.4 is 14.4 Å². The molecule has 2 aromatic rings. The van der Waals surface area contributed by atoms with E-state index in [2.05, 4.69) is 0 Å². The fraction of sp³-hybridized carbons (Fsp3) is 0.368. The first-order valence-corrected chi connectivity index (χ1v) is 10.8. The molecule has 0 aliphatic carbocycles. The molecule has 0 amide bonds. The molecule has 0 saturated carbocycles. The van der Waals surface area contributed by atoms with Crippen LogP contribution in [0.5, 0.6) is 11.5 Å². The van der Waals surface area contributed by atoms with Crippen LogP contribution in [0.3, 0.4) is 0 Å². The minimum absolute atomic E-state index is 0.0962. The highest BCUT2D eigenvalue weighted by atomic mass is 32.2. The van der Waals surface area contributed by atoms with E-state index in [0.29, 0.717) is 37.4 Å². The van der Waals surface area contributed by atoms with Gasteiger partial charge >= 0.3 is 0 Å². The summed E-state index contributed by atoms with van der Waals surface area (Å²) in [6.45, 7) is 0.920. The van der Waals surface area contributed by atoms with Crippen LogP contribution in [0.2, 0.25) is 0 Å². The van der Waals surface area contributed by atoms with Gasteiger partial charge in [-0.2, -0.15) is 0 Å². The van der Waals surface area contributed by atoms with Crippen LogP contribution >= 0.6 is 0 Å². The Morgan fingerprint density at radius 2 is 1.86 bits per heavy atom. The average Bonchev–Trinajstić information content (AvgIpc) is 2.69. The van der Waals surface area contributed by atoms with Crippen molar-refractivity contribution < 1.29 is 27.2 Å². The zero-order valence-electron chi connectivity index (χ0n) is 16.0. The Hall–Kier alpha value is -2.88. The van der Waals surface area contributed by atoms with Gasteiger partial charge in [-0.3, -0.25) is 10.1 Å². The molecule has 156 valence electrons. The van der Waals surface area contributed by atoms with Gasteiger partial charge in [0, 0.05) is 44.3 Å². The molecule has 29 heavy (non-hydrogen) atoms. The lowest BCUT2D eigenvalue weighted by atomic mass is 10.1. The van der Waals surface area contributed by atoms with Gasteiger partial charge in [0.2, 0.25) is 0 Å². The summed E-state index contributed by atoms with van der Waals surface area (Å²) >= 11 is 0. The van der Waals surface area contributed by atoms with E-state index < -0.39 is 20.6 Å². The van der Waals surface area contributed by atoms with E-state index in [1.54, 1.807) is 6.07 Å². The Bertz CT molecular complexity index is 1020. The number of nitro groups is 1. The van der Waals surface area contributed by atoms with Gasteiger partial charge in [-0.05, 0) is 24.3 Å². The lowest BCUT2D eigenvalue weighted by molar-refractivity contribution is -0.384.